The van der Waals surface area contributed by atoms with Gasteiger partial charge in [-0.05, 0) is 24.1 Å². The first-order valence-electron chi connectivity index (χ1n) is 8.36. The summed E-state index contributed by atoms with van der Waals surface area (Å²) in [6, 6.07) is 14.3. The molecule has 1 amide bonds. The summed E-state index contributed by atoms with van der Waals surface area (Å²) in [6.45, 7) is 1.16. The minimum atomic E-state index is -0.196. The summed E-state index contributed by atoms with van der Waals surface area (Å²) in [5, 5.41) is 0. The molecule has 1 aromatic heterocycles. The number of nitrogens with one attached hydrogen (secondary N) is 1. The summed E-state index contributed by atoms with van der Waals surface area (Å²) in [7, 11) is 0. The number of H-pyrrole nitrogens is 1. The smallest absolute Gasteiger partial charge is 0.254 e. The van der Waals surface area contributed by atoms with Crippen LogP contribution in [0.25, 0.3) is 11.4 Å². The van der Waals surface area contributed by atoms with Crippen LogP contribution in [-0.2, 0) is 0 Å². The number of nitrogens with zero attached hydrogens (tertiary/aromatic N) is 2. The summed E-state index contributed by atoms with van der Waals surface area (Å²) in [6.07, 6.45) is 4.18. The third-order valence-electron chi connectivity index (χ3n) is 4.73. The summed E-state index contributed by atoms with van der Waals surface area (Å²) in [5.74, 6) is 0.485. The normalized spacial score (nSPS) is 17.0. The fourth-order valence-corrected chi connectivity index (χ4v) is 3.46. The molecule has 1 saturated heterocycles. The fraction of sp³-hybridized carbons (Fsp3) is 0.200. The van der Waals surface area contributed by atoms with E-state index >= 15 is 0 Å². The zero-order valence-electron chi connectivity index (χ0n) is 13.7. The number of halogens is 1. The maximum absolute atomic E-state index is 14.0. The van der Waals surface area contributed by atoms with Gasteiger partial charge in [0.25, 0.3) is 5.91 Å². The summed E-state index contributed by atoms with van der Waals surface area (Å²) >= 11 is 0. The zero-order valence-corrected chi connectivity index (χ0v) is 13.7. The molecule has 1 N–H and O–H groups in total. The third-order valence-corrected chi connectivity index (χ3v) is 4.73. The number of carbonyl (C=O) groups is 1. The molecule has 0 spiro atoms. The van der Waals surface area contributed by atoms with Crippen LogP contribution in [0.5, 0.6) is 0 Å². The summed E-state index contributed by atoms with van der Waals surface area (Å²) < 4.78 is 14.0. The van der Waals surface area contributed by atoms with Crippen molar-refractivity contribution in [3.05, 3.63) is 77.9 Å². The molecule has 0 bridgehead atoms. The largest absolute Gasteiger partial charge is 0.345 e. The van der Waals surface area contributed by atoms with Gasteiger partial charge < -0.3 is 9.88 Å². The minimum Gasteiger partial charge on any atom is -0.345 e. The number of likely N-dealkylation sites (tertiary alicyclic amines) is 1. The highest BCUT2D eigenvalue weighted by molar-refractivity contribution is 6.00. The van der Waals surface area contributed by atoms with Gasteiger partial charge in [-0.1, -0.05) is 36.4 Å². The molecule has 126 valence electrons. The standard InChI is InChI=1S/C20H18FN3O/c21-18-8-4-3-5-15(18)14-9-12-24(13-14)20(25)17-7-2-1-6-16(17)19-22-10-11-23-19/h1-8,10-11,14H,9,12-13H2,(H,22,23)/t14-/m0/s1. The molecule has 0 unspecified atom stereocenters. The molecule has 1 aliphatic heterocycles. The Hall–Kier alpha value is -2.95. The number of aromatic amines is 1. The van der Waals surface area contributed by atoms with Gasteiger partial charge in [-0.3, -0.25) is 4.79 Å². The molecule has 0 aliphatic carbocycles. The highest BCUT2D eigenvalue weighted by Crippen LogP contribution is 2.31. The Morgan fingerprint density at radius 3 is 2.76 bits per heavy atom. The van der Waals surface area contributed by atoms with Crippen LogP contribution in [0, 0.1) is 5.82 Å². The highest BCUT2D eigenvalue weighted by Gasteiger charge is 2.30. The Morgan fingerprint density at radius 1 is 1.16 bits per heavy atom. The minimum absolute atomic E-state index is 0.0363. The van der Waals surface area contributed by atoms with Crippen molar-refractivity contribution in [1.82, 2.24) is 14.9 Å². The van der Waals surface area contributed by atoms with Crippen molar-refractivity contribution < 1.29 is 9.18 Å². The molecule has 2 heterocycles. The number of aromatic nitrogens is 2. The number of hydrogen-bond acceptors (Lipinski definition) is 2. The van der Waals surface area contributed by atoms with E-state index in [-0.39, 0.29) is 17.6 Å². The van der Waals surface area contributed by atoms with E-state index in [1.54, 1.807) is 23.4 Å². The molecule has 25 heavy (non-hydrogen) atoms. The Bertz CT molecular complexity index is 891. The van der Waals surface area contributed by atoms with E-state index in [2.05, 4.69) is 9.97 Å². The molecule has 2 aromatic carbocycles. The van der Waals surface area contributed by atoms with Gasteiger partial charge in [-0.25, -0.2) is 9.37 Å². The van der Waals surface area contributed by atoms with E-state index in [9.17, 15) is 9.18 Å². The lowest BCUT2D eigenvalue weighted by Gasteiger charge is -2.18. The van der Waals surface area contributed by atoms with Gasteiger partial charge in [0.15, 0.2) is 0 Å². The van der Waals surface area contributed by atoms with Crippen molar-refractivity contribution in [2.45, 2.75) is 12.3 Å². The van der Waals surface area contributed by atoms with E-state index in [1.165, 1.54) is 6.07 Å². The van der Waals surface area contributed by atoms with Gasteiger partial charge in [0.05, 0.1) is 5.56 Å². The van der Waals surface area contributed by atoms with Crippen molar-refractivity contribution in [2.75, 3.05) is 13.1 Å². The first-order chi connectivity index (χ1) is 12.2. The van der Waals surface area contributed by atoms with Crippen LogP contribution in [0.15, 0.2) is 60.9 Å². The molecule has 1 atom stereocenters. The topological polar surface area (TPSA) is 49.0 Å². The van der Waals surface area contributed by atoms with Crippen LogP contribution in [0.2, 0.25) is 0 Å². The van der Waals surface area contributed by atoms with Crippen molar-refractivity contribution >= 4 is 5.91 Å². The highest BCUT2D eigenvalue weighted by atomic mass is 19.1. The van der Waals surface area contributed by atoms with Crippen LogP contribution in [0.3, 0.4) is 0 Å². The molecule has 3 aromatic rings. The van der Waals surface area contributed by atoms with Crippen molar-refractivity contribution in [3.63, 3.8) is 0 Å². The summed E-state index contributed by atoms with van der Waals surface area (Å²) in [5.41, 5.74) is 2.09. The van der Waals surface area contributed by atoms with Crippen LogP contribution in [-0.4, -0.2) is 33.9 Å². The number of amides is 1. The quantitative estimate of drug-likeness (QED) is 0.790. The van der Waals surface area contributed by atoms with E-state index in [0.29, 0.717) is 30.0 Å². The number of carbonyl (C=O) groups excluding carboxylic acids is 1. The van der Waals surface area contributed by atoms with Gasteiger partial charge >= 0.3 is 0 Å². The van der Waals surface area contributed by atoms with Gasteiger partial charge in [0, 0.05) is 37.0 Å². The van der Waals surface area contributed by atoms with Crippen LogP contribution < -0.4 is 0 Å². The molecule has 0 saturated carbocycles. The van der Waals surface area contributed by atoms with E-state index in [4.69, 9.17) is 0 Å². The maximum atomic E-state index is 14.0. The second kappa shape index (κ2) is 6.51. The van der Waals surface area contributed by atoms with Crippen LogP contribution in [0.1, 0.15) is 28.3 Å². The lowest BCUT2D eigenvalue weighted by molar-refractivity contribution is 0.0791. The third kappa shape index (κ3) is 2.93. The second-order valence-corrected chi connectivity index (χ2v) is 6.24. The Labute approximate surface area is 145 Å². The molecule has 0 radical (unpaired) electrons. The number of hydrogen-bond donors (Lipinski definition) is 1. The predicted octanol–water partition coefficient (Wildman–Crippen LogP) is 3.85. The Balaban J connectivity index is 1.58. The summed E-state index contributed by atoms with van der Waals surface area (Å²) in [4.78, 5) is 22.1. The second-order valence-electron chi connectivity index (χ2n) is 6.24. The SMILES string of the molecule is O=C(c1ccccc1-c1ncc[nH]1)N1CC[C@H](c2ccccc2F)C1. The molecular weight excluding hydrogens is 317 g/mol. The maximum Gasteiger partial charge on any atom is 0.254 e. The van der Waals surface area contributed by atoms with Crippen LogP contribution in [0.4, 0.5) is 4.39 Å². The van der Waals surface area contributed by atoms with Crippen molar-refractivity contribution in [1.29, 1.82) is 0 Å². The average molecular weight is 335 g/mol. The first-order valence-corrected chi connectivity index (χ1v) is 8.36. The van der Waals surface area contributed by atoms with Gasteiger partial charge in [0.2, 0.25) is 0 Å². The molecule has 5 heteroatoms. The molecule has 4 nitrogen and oxygen atoms in total. The lowest BCUT2D eigenvalue weighted by atomic mass is 9.98. The van der Waals surface area contributed by atoms with Gasteiger partial charge in [-0.15, -0.1) is 0 Å². The van der Waals surface area contributed by atoms with Gasteiger partial charge in [0.1, 0.15) is 11.6 Å². The van der Waals surface area contributed by atoms with Crippen LogP contribution >= 0.6 is 0 Å². The monoisotopic (exact) mass is 335 g/mol. The fourth-order valence-electron chi connectivity index (χ4n) is 3.46. The zero-order chi connectivity index (χ0) is 17.2. The number of rotatable bonds is 3. The van der Waals surface area contributed by atoms with E-state index in [0.717, 1.165) is 12.0 Å². The van der Waals surface area contributed by atoms with Gasteiger partial charge in [-0.2, -0.15) is 0 Å². The number of benzene rings is 2. The molecular formula is C20H18FN3O. The molecule has 1 fully saturated rings. The predicted molar refractivity (Wildman–Crippen MR) is 93.7 cm³/mol. The van der Waals surface area contributed by atoms with E-state index < -0.39 is 0 Å². The molecule has 1 aliphatic rings. The Kier molecular flexibility index (Phi) is 4.06. The van der Waals surface area contributed by atoms with Crippen molar-refractivity contribution in [2.24, 2.45) is 0 Å². The van der Waals surface area contributed by atoms with Crippen molar-refractivity contribution in [3.8, 4) is 11.4 Å². The number of imidazole rings is 1. The first kappa shape index (κ1) is 15.6. The average Bonchev–Trinajstić information content (AvgIpc) is 3.34. The van der Waals surface area contributed by atoms with E-state index in [1.807, 2.05) is 36.4 Å². The molecule has 4 rings (SSSR count). The lowest BCUT2D eigenvalue weighted by Crippen LogP contribution is -2.29. The Morgan fingerprint density at radius 2 is 1.96 bits per heavy atom.